The van der Waals surface area contributed by atoms with Gasteiger partial charge < -0.3 is 19.9 Å². The second-order valence-corrected chi connectivity index (χ2v) is 5.31. The van der Waals surface area contributed by atoms with E-state index in [0.29, 0.717) is 28.1 Å². The van der Waals surface area contributed by atoms with E-state index in [9.17, 15) is 14.9 Å². The molecule has 0 spiro atoms. The lowest BCUT2D eigenvalue weighted by molar-refractivity contribution is -0.525. The average Bonchev–Trinajstić information content (AvgIpc) is 2.54. The lowest BCUT2D eigenvalue weighted by Gasteiger charge is -2.14. The Kier molecular flexibility index (Phi) is 8.84. The van der Waals surface area contributed by atoms with Crippen molar-refractivity contribution in [1.82, 2.24) is 5.43 Å². The van der Waals surface area contributed by atoms with Crippen LogP contribution in [0.5, 0.6) is 11.5 Å². The topological polar surface area (TPSA) is 151 Å². The van der Waals surface area contributed by atoms with Crippen LogP contribution in [0.4, 0.5) is 0 Å². The summed E-state index contributed by atoms with van der Waals surface area (Å²) >= 11 is 3.33. The van der Waals surface area contributed by atoms with E-state index < -0.39 is 17.0 Å². The van der Waals surface area contributed by atoms with Gasteiger partial charge in [-0.3, -0.25) is 0 Å². The molecule has 0 saturated carbocycles. The number of nitro groups is 1. The zero-order valence-corrected chi connectivity index (χ0v) is 15.7. The summed E-state index contributed by atoms with van der Waals surface area (Å²) in [6.07, 6.45) is 1.32. The summed E-state index contributed by atoms with van der Waals surface area (Å²) in [6.45, 7) is 3.84. The van der Waals surface area contributed by atoms with Crippen LogP contribution in [0.2, 0.25) is 0 Å². The maximum absolute atomic E-state index is 11.4. The number of hydrogen-bond acceptors (Lipinski definition) is 8. The SMILES string of the molecule is CCOC(=O)COc1c(Br)cc(/C=N\N=C(N)N[N+](=O)[O-])cc1OCC. The maximum Gasteiger partial charge on any atom is 0.344 e. The van der Waals surface area contributed by atoms with Crippen molar-refractivity contribution in [1.29, 1.82) is 0 Å². The predicted octanol–water partition coefficient (Wildman–Crippen LogP) is 1.22. The molecule has 142 valence electrons. The lowest BCUT2D eigenvalue weighted by atomic mass is 10.2. The summed E-state index contributed by atoms with van der Waals surface area (Å²) in [5.41, 5.74) is 7.46. The zero-order chi connectivity index (χ0) is 19.5. The van der Waals surface area contributed by atoms with E-state index in [-0.39, 0.29) is 13.2 Å². The van der Waals surface area contributed by atoms with Crippen LogP contribution < -0.4 is 20.6 Å². The Morgan fingerprint density at radius 1 is 1.38 bits per heavy atom. The Balaban J connectivity index is 2.96. The quantitative estimate of drug-likeness (QED) is 0.194. The number of carbonyl (C=O) groups excluding carboxylic acids is 1. The highest BCUT2D eigenvalue weighted by Crippen LogP contribution is 2.36. The Labute approximate surface area is 157 Å². The average molecular weight is 432 g/mol. The third-order valence-corrected chi connectivity index (χ3v) is 3.14. The van der Waals surface area contributed by atoms with E-state index in [1.54, 1.807) is 31.4 Å². The van der Waals surface area contributed by atoms with Gasteiger partial charge in [0.15, 0.2) is 23.1 Å². The number of benzene rings is 1. The highest BCUT2D eigenvalue weighted by molar-refractivity contribution is 9.10. The van der Waals surface area contributed by atoms with Gasteiger partial charge in [0.2, 0.25) is 0 Å². The van der Waals surface area contributed by atoms with Gasteiger partial charge in [0.1, 0.15) is 0 Å². The highest BCUT2D eigenvalue weighted by atomic mass is 79.9. The number of nitrogens with zero attached hydrogens (tertiary/aromatic N) is 3. The number of ether oxygens (including phenoxy) is 3. The molecule has 0 radical (unpaired) electrons. The normalized spacial score (nSPS) is 11.3. The molecule has 0 bridgehead atoms. The standard InChI is InChI=1S/C14H18BrN5O6/c1-3-24-11-6-9(7-17-18-14(16)19-20(22)23)5-10(15)13(11)26-8-12(21)25-4-2/h5-7H,3-4,8H2,1-2H3,(H3,16,18,19)/b17-7-. The minimum atomic E-state index is -0.853. The molecule has 0 saturated heterocycles. The molecular formula is C14H18BrN5O6. The molecule has 0 aliphatic rings. The molecule has 26 heavy (non-hydrogen) atoms. The third kappa shape index (κ3) is 7.34. The number of halogens is 1. The van der Waals surface area contributed by atoms with Crippen molar-refractivity contribution < 1.29 is 24.0 Å². The first-order valence-electron chi connectivity index (χ1n) is 7.39. The van der Waals surface area contributed by atoms with Crippen molar-refractivity contribution in [2.45, 2.75) is 13.8 Å². The lowest BCUT2D eigenvalue weighted by Crippen LogP contribution is -2.35. The molecule has 0 atom stereocenters. The summed E-state index contributed by atoms with van der Waals surface area (Å²) in [5, 5.41) is 16.4. The fourth-order valence-electron chi connectivity index (χ4n) is 1.67. The predicted molar refractivity (Wildman–Crippen MR) is 96.8 cm³/mol. The van der Waals surface area contributed by atoms with Gasteiger partial charge in [-0.05, 0) is 47.5 Å². The zero-order valence-electron chi connectivity index (χ0n) is 14.1. The van der Waals surface area contributed by atoms with Crippen LogP contribution in [0.15, 0.2) is 26.8 Å². The minimum Gasteiger partial charge on any atom is -0.490 e. The van der Waals surface area contributed by atoms with Crippen LogP contribution >= 0.6 is 15.9 Å². The molecule has 0 aliphatic carbocycles. The van der Waals surface area contributed by atoms with Gasteiger partial charge in [-0.25, -0.2) is 14.9 Å². The van der Waals surface area contributed by atoms with Gasteiger partial charge in [-0.15, -0.1) is 5.10 Å². The van der Waals surface area contributed by atoms with Crippen molar-refractivity contribution in [2.75, 3.05) is 19.8 Å². The van der Waals surface area contributed by atoms with Crippen molar-refractivity contribution in [3.8, 4) is 11.5 Å². The van der Waals surface area contributed by atoms with Gasteiger partial charge in [-0.2, -0.15) is 5.10 Å². The fourth-order valence-corrected chi connectivity index (χ4v) is 2.25. The Morgan fingerprint density at radius 2 is 2.12 bits per heavy atom. The summed E-state index contributed by atoms with van der Waals surface area (Å²) in [6, 6.07) is 3.24. The molecule has 0 fully saturated rings. The van der Waals surface area contributed by atoms with Gasteiger partial charge in [0.25, 0.3) is 5.96 Å². The fraction of sp³-hybridized carbons (Fsp3) is 0.357. The molecule has 0 unspecified atom stereocenters. The number of guanidine groups is 1. The molecule has 3 N–H and O–H groups in total. The van der Waals surface area contributed by atoms with Crippen molar-refractivity contribution >= 4 is 34.1 Å². The molecule has 1 rings (SSSR count). The van der Waals surface area contributed by atoms with Gasteiger partial charge in [0, 0.05) is 0 Å². The molecule has 12 heteroatoms. The van der Waals surface area contributed by atoms with Crippen LogP contribution in [-0.4, -0.2) is 43.0 Å². The van der Waals surface area contributed by atoms with E-state index in [0.717, 1.165) is 0 Å². The smallest absolute Gasteiger partial charge is 0.344 e. The van der Waals surface area contributed by atoms with Crippen LogP contribution in [0, 0.1) is 10.1 Å². The molecule has 0 amide bonds. The van der Waals surface area contributed by atoms with Crippen LogP contribution in [0.3, 0.4) is 0 Å². The van der Waals surface area contributed by atoms with Gasteiger partial charge in [0.05, 0.1) is 23.9 Å². The summed E-state index contributed by atoms with van der Waals surface area (Å²) < 4.78 is 16.3. The highest BCUT2D eigenvalue weighted by Gasteiger charge is 2.14. The number of nitrogens with one attached hydrogen (secondary N) is 1. The van der Waals surface area contributed by atoms with Crippen molar-refractivity contribution in [2.24, 2.45) is 15.9 Å². The molecular weight excluding hydrogens is 414 g/mol. The van der Waals surface area contributed by atoms with E-state index in [1.807, 2.05) is 0 Å². The second-order valence-electron chi connectivity index (χ2n) is 4.46. The number of esters is 1. The van der Waals surface area contributed by atoms with Crippen LogP contribution in [-0.2, 0) is 9.53 Å². The van der Waals surface area contributed by atoms with E-state index >= 15 is 0 Å². The Hall–Kier alpha value is -2.89. The molecule has 11 nitrogen and oxygen atoms in total. The first-order valence-corrected chi connectivity index (χ1v) is 8.18. The number of rotatable bonds is 9. The summed E-state index contributed by atoms with van der Waals surface area (Å²) in [7, 11) is 0. The van der Waals surface area contributed by atoms with Crippen LogP contribution in [0.1, 0.15) is 19.4 Å². The third-order valence-electron chi connectivity index (χ3n) is 2.55. The maximum atomic E-state index is 11.4. The van der Waals surface area contributed by atoms with Crippen molar-refractivity contribution in [3.05, 3.63) is 32.3 Å². The first kappa shape index (κ1) is 21.2. The first-order chi connectivity index (χ1) is 12.4. The molecule has 1 aromatic rings. The molecule has 0 aliphatic heterocycles. The molecule has 0 heterocycles. The van der Waals surface area contributed by atoms with Gasteiger partial charge in [-0.1, -0.05) is 5.43 Å². The number of carbonyl (C=O) groups is 1. The van der Waals surface area contributed by atoms with Crippen molar-refractivity contribution in [3.63, 3.8) is 0 Å². The summed E-state index contributed by atoms with van der Waals surface area (Å²) in [5.74, 6) is -0.275. The number of hydrazine groups is 1. The Morgan fingerprint density at radius 3 is 2.73 bits per heavy atom. The number of hydrogen-bond donors (Lipinski definition) is 2. The minimum absolute atomic E-state index is 0.256. The van der Waals surface area contributed by atoms with E-state index in [4.69, 9.17) is 19.9 Å². The van der Waals surface area contributed by atoms with Gasteiger partial charge >= 0.3 is 5.97 Å². The monoisotopic (exact) mass is 431 g/mol. The van der Waals surface area contributed by atoms with Crippen LogP contribution in [0.25, 0.3) is 0 Å². The number of nitrogens with two attached hydrogens (primary N) is 1. The largest absolute Gasteiger partial charge is 0.490 e. The Bertz CT molecular complexity index is 709. The second kappa shape index (κ2) is 10.9. The summed E-state index contributed by atoms with van der Waals surface area (Å²) in [4.78, 5) is 21.6. The molecule has 1 aromatic carbocycles. The molecule has 0 aromatic heterocycles. The van der Waals surface area contributed by atoms with E-state index in [2.05, 4.69) is 26.1 Å². The van der Waals surface area contributed by atoms with E-state index in [1.165, 1.54) is 6.21 Å².